The first kappa shape index (κ1) is 19.4. The number of nitrogens with one attached hydrogen (secondary N) is 1. The van der Waals surface area contributed by atoms with Gasteiger partial charge in [-0.2, -0.15) is 13.2 Å². The second-order valence-electron chi connectivity index (χ2n) is 6.46. The summed E-state index contributed by atoms with van der Waals surface area (Å²) < 4.78 is 49.7. The minimum absolute atomic E-state index is 0.0781. The van der Waals surface area contributed by atoms with Gasteiger partial charge in [0.15, 0.2) is 6.29 Å². The summed E-state index contributed by atoms with van der Waals surface area (Å²) in [4.78, 5) is 14.1. The molecule has 26 heavy (non-hydrogen) atoms. The molecule has 0 atom stereocenters. The van der Waals surface area contributed by atoms with E-state index in [0.29, 0.717) is 19.1 Å². The van der Waals surface area contributed by atoms with Crippen LogP contribution in [0.4, 0.5) is 18.9 Å². The molecule has 1 amide bonds. The molecule has 0 unspecified atom stereocenters. The van der Waals surface area contributed by atoms with Gasteiger partial charge in [-0.05, 0) is 44.1 Å². The Labute approximate surface area is 154 Å². The predicted molar refractivity (Wildman–Crippen MR) is 89.9 cm³/mol. The molecule has 2 saturated heterocycles. The van der Waals surface area contributed by atoms with Crippen molar-refractivity contribution in [1.29, 1.82) is 0 Å². The number of ether oxygens (including phenoxy) is 2. The van der Waals surface area contributed by atoms with Gasteiger partial charge >= 0.3 is 6.18 Å². The normalized spacial score (nSPS) is 20.5. The van der Waals surface area contributed by atoms with Crippen LogP contribution in [0.5, 0.6) is 0 Å². The van der Waals surface area contributed by atoms with E-state index in [1.165, 1.54) is 6.07 Å². The van der Waals surface area contributed by atoms with Crippen LogP contribution >= 0.6 is 11.6 Å². The number of hydrogen-bond donors (Lipinski definition) is 1. The molecule has 1 aromatic carbocycles. The Bertz CT molecular complexity index is 643. The summed E-state index contributed by atoms with van der Waals surface area (Å²) in [6.45, 7) is 2.80. The van der Waals surface area contributed by atoms with Crippen LogP contribution in [0.25, 0.3) is 0 Å². The van der Waals surface area contributed by atoms with Gasteiger partial charge in [0.05, 0.1) is 30.3 Å². The van der Waals surface area contributed by atoms with Crippen LogP contribution in [-0.2, 0) is 20.4 Å². The molecule has 5 nitrogen and oxygen atoms in total. The number of rotatable bonds is 4. The monoisotopic (exact) mass is 392 g/mol. The molecule has 0 radical (unpaired) electrons. The van der Waals surface area contributed by atoms with E-state index in [2.05, 4.69) is 5.32 Å². The third-order valence-electron chi connectivity index (χ3n) is 4.59. The number of amides is 1. The minimum Gasteiger partial charge on any atom is -0.350 e. The summed E-state index contributed by atoms with van der Waals surface area (Å²) in [6.07, 6.45) is -3.00. The molecular weight excluding hydrogens is 373 g/mol. The smallest absolute Gasteiger partial charge is 0.350 e. The average molecular weight is 393 g/mol. The van der Waals surface area contributed by atoms with E-state index in [1.807, 2.05) is 4.90 Å². The van der Waals surface area contributed by atoms with Crippen molar-refractivity contribution in [2.45, 2.75) is 25.3 Å². The molecule has 0 bridgehead atoms. The maximum Gasteiger partial charge on any atom is 0.417 e. The summed E-state index contributed by atoms with van der Waals surface area (Å²) in [5.74, 6) is -0.0327. The Morgan fingerprint density at radius 2 is 1.88 bits per heavy atom. The van der Waals surface area contributed by atoms with Crippen molar-refractivity contribution >= 4 is 23.2 Å². The van der Waals surface area contributed by atoms with E-state index in [0.717, 1.165) is 38.1 Å². The zero-order chi connectivity index (χ0) is 18.7. The van der Waals surface area contributed by atoms with Crippen molar-refractivity contribution in [3.05, 3.63) is 28.8 Å². The van der Waals surface area contributed by atoms with Gasteiger partial charge in [0.25, 0.3) is 0 Å². The molecule has 144 valence electrons. The molecule has 0 spiro atoms. The second kappa shape index (κ2) is 8.12. The molecule has 2 heterocycles. The van der Waals surface area contributed by atoms with Crippen LogP contribution in [0, 0.1) is 5.92 Å². The summed E-state index contributed by atoms with van der Waals surface area (Å²) in [5, 5.41) is 2.11. The predicted octanol–water partition coefficient (Wildman–Crippen LogP) is 3.38. The van der Waals surface area contributed by atoms with Gasteiger partial charge < -0.3 is 14.8 Å². The first-order chi connectivity index (χ1) is 12.3. The third-order valence-corrected chi connectivity index (χ3v) is 4.92. The number of nitrogens with zero attached hydrogens (tertiary/aromatic N) is 1. The second-order valence-corrected chi connectivity index (χ2v) is 6.87. The Morgan fingerprint density at radius 3 is 2.50 bits per heavy atom. The number of likely N-dealkylation sites (tertiary alicyclic amines) is 1. The minimum atomic E-state index is -4.57. The molecule has 9 heteroatoms. The average Bonchev–Trinajstić information content (AvgIpc) is 3.11. The van der Waals surface area contributed by atoms with Gasteiger partial charge in [0.1, 0.15) is 0 Å². The Kier molecular flexibility index (Phi) is 6.06. The van der Waals surface area contributed by atoms with Gasteiger partial charge in [-0.3, -0.25) is 9.69 Å². The molecule has 0 aliphatic carbocycles. The molecule has 0 saturated carbocycles. The SMILES string of the molecule is O=C(CN1CCC(C2OCCO2)CC1)Nc1ccc(Cl)c(C(F)(F)F)c1. The van der Waals surface area contributed by atoms with Crippen molar-refractivity contribution < 1.29 is 27.4 Å². The maximum absolute atomic E-state index is 12.9. The lowest BCUT2D eigenvalue weighted by atomic mass is 9.96. The zero-order valence-electron chi connectivity index (χ0n) is 14.0. The lowest BCUT2D eigenvalue weighted by molar-refractivity contribution is -0.137. The van der Waals surface area contributed by atoms with E-state index in [9.17, 15) is 18.0 Å². The lowest BCUT2D eigenvalue weighted by Gasteiger charge is -2.33. The maximum atomic E-state index is 12.9. The molecule has 2 aliphatic heterocycles. The molecule has 1 N–H and O–H groups in total. The van der Waals surface area contributed by atoms with Crippen LogP contribution in [0.15, 0.2) is 18.2 Å². The molecule has 2 aliphatic rings. The highest BCUT2D eigenvalue weighted by Crippen LogP contribution is 2.36. The molecule has 1 aromatic rings. The molecular formula is C17H20ClF3N2O3. The first-order valence-corrected chi connectivity index (χ1v) is 8.83. The Hall–Kier alpha value is -1.35. The highest BCUT2D eigenvalue weighted by atomic mass is 35.5. The number of benzene rings is 1. The largest absolute Gasteiger partial charge is 0.417 e. The van der Waals surface area contributed by atoms with Crippen LogP contribution < -0.4 is 5.32 Å². The van der Waals surface area contributed by atoms with Gasteiger partial charge in [0.2, 0.25) is 5.91 Å². The van der Waals surface area contributed by atoms with E-state index in [-0.39, 0.29) is 24.4 Å². The first-order valence-electron chi connectivity index (χ1n) is 8.45. The van der Waals surface area contributed by atoms with Crippen molar-refractivity contribution in [2.24, 2.45) is 5.92 Å². The number of halogens is 4. The Balaban J connectivity index is 1.50. The fourth-order valence-electron chi connectivity index (χ4n) is 3.26. The number of alkyl halides is 3. The standard InChI is InChI=1S/C17H20ClF3N2O3/c18-14-2-1-12(9-13(14)17(19,20)21)22-15(24)10-23-5-3-11(4-6-23)16-25-7-8-26-16/h1-2,9,11,16H,3-8,10H2,(H,22,24). The van der Waals surface area contributed by atoms with Crippen LogP contribution in [0.3, 0.4) is 0 Å². The number of carbonyl (C=O) groups is 1. The van der Waals surface area contributed by atoms with Gasteiger partial charge in [-0.15, -0.1) is 0 Å². The van der Waals surface area contributed by atoms with Crippen LogP contribution in [-0.4, -0.2) is 49.9 Å². The number of hydrogen-bond acceptors (Lipinski definition) is 4. The van der Waals surface area contributed by atoms with E-state index in [1.54, 1.807) is 0 Å². The summed E-state index contributed by atoms with van der Waals surface area (Å²) >= 11 is 5.58. The molecule has 2 fully saturated rings. The summed E-state index contributed by atoms with van der Waals surface area (Å²) in [6, 6.07) is 3.34. The van der Waals surface area contributed by atoms with E-state index < -0.39 is 16.8 Å². The quantitative estimate of drug-likeness (QED) is 0.853. The third kappa shape index (κ3) is 4.88. The van der Waals surface area contributed by atoms with Crippen LogP contribution in [0.2, 0.25) is 5.02 Å². The lowest BCUT2D eigenvalue weighted by Crippen LogP contribution is -2.41. The molecule has 3 rings (SSSR count). The Morgan fingerprint density at radius 1 is 1.23 bits per heavy atom. The fourth-order valence-corrected chi connectivity index (χ4v) is 3.48. The van der Waals surface area contributed by atoms with Crippen molar-refractivity contribution in [2.75, 3.05) is 38.2 Å². The van der Waals surface area contributed by atoms with Gasteiger partial charge in [-0.1, -0.05) is 11.6 Å². The highest BCUT2D eigenvalue weighted by Gasteiger charge is 2.34. The van der Waals surface area contributed by atoms with Gasteiger partial charge in [0, 0.05) is 11.6 Å². The van der Waals surface area contributed by atoms with Crippen LogP contribution in [0.1, 0.15) is 18.4 Å². The number of piperidine rings is 1. The number of carbonyl (C=O) groups excluding carboxylic acids is 1. The molecule has 0 aromatic heterocycles. The van der Waals surface area contributed by atoms with Crippen molar-refractivity contribution in [1.82, 2.24) is 4.90 Å². The number of anilines is 1. The van der Waals surface area contributed by atoms with Crippen molar-refractivity contribution in [3.63, 3.8) is 0 Å². The zero-order valence-corrected chi connectivity index (χ0v) is 14.8. The highest BCUT2D eigenvalue weighted by molar-refractivity contribution is 6.31. The summed E-state index contributed by atoms with van der Waals surface area (Å²) in [7, 11) is 0. The topological polar surface area (TPSA) is 50.8 Å². The van der Waals surface area contributed by atoms with Crippen molar-refractivity contribution in [3.8, 4) is 0 Å². The van der Waals surface area contributed by atoms with Gasteiger partial charge in [-0.25, -0.2) is 0 Å². The van der Waals surface area contributed by atoms with E-state index >= 15 is 0 Å². The van der Waals surface area contributed by atoms with E-state index in [4.69, 9.17) is 21.1 Å². The fraction of sp³-hybridized carbons (Fsp3) is 0.588. The summed E-state index contributed by atoms with van der Waals surface area (Å²) in [5.41, 5.74) is -0.885.